The summed E-state index contributed by atoms with van der Waals surface area (Å²) in [5.41, 5.74) is 5.60. The first-order chi connectivity index (χ1) is 15.0. The van der Waals surface area contributed by atoms with Crippen LogP contribution in [0.3, 0.4) is 0 Å². The molecule has 0 spiro atoms. The molecule has 1 atom stereocenters. The van der Waals surface area contributed by atoms with Gasteiger partial charge in [-0.25, -0.2) is 14.5 Å². The zero-order chi connectivity index (χ0) is 21.5. The molecule has 0 fully saturated rings. The summed E-state index contributed by atoms with van der Waals surface area (Å²) in [5.74, 6) is 0.519. The Balaban J connectivity index is 1.60. The summed E-state index contributed by atoms with van der Waals surface area (Å²) >= 11 is 0. The lowest BCUT2D eigenvalue weighted by atomic mass is 10.1. The van der Waals surface area contributed by atoms with Gasteiger partial charge in [-0.1, -0.05) is 42.5 Å². The number of para-hydroxylation sites is 2. The fraction of sp³-hybridized carbons (Fsp3) is 0.167. The molecule has 1 unspecified atom stereocenters. The molecule has 0 saturated carbocycles. The quantitative estimate of drug-likeness (QED) is 0.490. The molecule has 5 rings (SSSR count). The number of benzene rings is 2. The van der Waals surface area contributed by atoms with E-state index in [2.05, 4.69) is 15.4 Å². The van der Waals surface area contributed by atoms with Gasteiger partial charge in [0.2, 0.25) is 0 Å². The Labute approximate surface area is 179 Å². The number of nitrogens with one attached hydrogen (secondary N) is 1. The third kappa shape index (κ3) is 3.24. The largest absolute Gasteiger partial charge is 0.338 e. The van der Waals surface area contributed by atoms with E-state index in [0.29, 0.717) is 11.2 Å². The van der Waals surface area contributed by atoms with E-state index in [0.717, 1.165) is 33.8 Å². The Hall–Kier alpha value is -4.00. The predicted molar refractivity (Wildman–Crippen MR) is 119 cm³/mol. The summed E-state index contributed by atoms with van der Waals surface area (Å²) in [6.07, 6.45) is 1.57. The lowest BCUT2D eigenvalue weighted by molar-refractivity contribution is 0.0942. The van der Waals surface area contributed by atoms with Crippen molar-refractivity contribution < 1.29 is 4.79 Å². The highest BCUT2D eigenvalue weighted by Crippen LogP contribution is 2.26. The molecular formula is C24H22N6O. The van der Waals surface area contributed by atoms with Crippen molar-refractivity contribution in [3.8, 4) is 0 Å². The van der Waals surface area contributed by atoms with E-state index < -0.39 is 6.04 Å². The SMILES string of the molecule is Cc1cc(C)n2ncc(C(=O)NC(c3ccccc3)c3nc4ccccc4n3C)c2n1. The maximum Gasteiger partial charge on any atom is 0.257 e. The monoisotopic (exact) mass is 410 g/mol. The number of nitrogens with zero attached hydrogens (tertiary/aromatic N) is 5. The molecule has 7 heteroatoms. The second kappa shape index (κ2) is 7.36. The predicted octanol–water partition coefficient (Wildman–Crippen LogP) is 3.75. The maximum absolute atomic E-state index is 13.4. The van der Waals surface area contributed by atoms with Crippen LogP contribution in [-0.2, 0) is 7.05 Å². The minimum atomic E-state index is -0.424. The Kier molecular flexibility index (Phi) is 4.51. The number of aryl methyl sites for hydroxylation is 3. The number of rotatable bonds is 4. The van der Waals surface area contributed by atoms with E-state index in [1.165, 1.54) is 0 Å². The van der Waals surface area contributed by atoms with Crippen LogP contribution in [0.15, 0.2) is 66.9 Å². The Bertz CT molecular complexity index is 1420. The van der Waals surface area contributed by atoms with Gasteiger partial charge in [0.05, 0.1) is 17.2 Å². The average molecular weight is 410 g/mol. The van der Waals surface area contributed by atoms with E-state index >= 15 is 0 Å². The second-order valence-corrected chi connectivity index (χ2v) is 7.67. The van der Waals surface area contributed by atoms with Gasteiger partial charge in [0.15, 0.2) is 5.65 Å². The summed E-state index contributed by atoms with van der Waals surface area (Å²) in [7, 11) is 1.97. The maximum atomic E-state index is 13.4. The molecule has 5 aromatic rings. The van der Waals surface area contributed by atoms with Crippen LogP contribution in [0.4, 0.5) is 0 Å². The van der Waals surface area contributed by atoms with Crippen molar-refractivity contribution in [3.05, 3.63) is 95.2 Å². The first kappa shape index (κ1) is 19.0. The van der Waals surface area contributed by atoms with Gasteiger partial charge in [0, 0.05) is 18.4 Å². The van der Waals surface area contributed by atoms with Crippen molar-refractivity contribution in [2.24, 2.45) is 7.05 Å². The minimum Gasteiger partial charge on any atom is -0.338 e. The number of hydrogen-bond donors (Lipinski definition) is 1. The zero-order valence-electron chi connectivity index (χ0n) is 17.6. The van der Waals surface area contributed by atoms with Gasteiger partial charge in [0.1, 0.15) is 17.4 Å². The van der Waals surface area contributed by atoms with Gasteiger partial charge in [-0.3, -0.25) is 4.79 Å². The summed E-state index contributed by atoms with van der Waals surface area (Å²) in [4.78, 5) is 22.8. The molecule has 1 N–H and O–H groups in total. The van der Waals surface area contributed by atoms with E-state index in [-0.39, 0.29) is 5.91 Å². The van der Waals surface area contributed by atoms with E-state index in [4.69, 9.17) is 4.98 Å². The Morgan fingerprint density at radius 3 is 2.52 bits per heavy atom. The third-order valence-corrected chi connectivity index (χ3v) is 5.51. The molecule has 0 aliphatic rings. The Morgan fingerprint density at radius 2 is 1.74 bits per heavy atom. The van der Waals surface area contributed by atoms with Gasteiger partial charge in [0.25, 0.3) is 5.91 Å². The van der Waals surface area contributed by atoms with Gasteiger partial charge in [-0.05, 0) is 37.6 Å². The number of carbonyl (C=O) groups is 1. The first-order valence-corrected chi connectivity index (χ1v) is 10.1. The van der Waals surface area contributed by atoms with Crippen LogP contribution >= 0.6 is 0 Å². The van der Waals surface area contributed by atoms with Crippen molar-refractivity contribution in [2.75, 3.05) is 0 Å². The van der Waals surface area contributed by atoms with Crippen LogP contribution in [0.5, 0.6) is 0 Å². The highest BCUT2D eigenvalue weighted by Gasteiger charge is 2.25. The molecule has 0 radical (unpaired) electrons. The standard InChI is InChI=1S/C24H22N6O/c1-15-13-16(2)30-22(26-15)18(14-25-30)24(31)28-21(17-9-5-4-6-10-17)23-27-19-11-7-8-12-20(19)29(23)3/h4-14,21H,1-3H3,(H,28,31). The molecule has 0 aliphatic carbocycles. The van der Waals surface area contributed by atoms with Crippen LogP contribution in [0.1, 0.15) is 39.2 Å². The molecule has 2 aromatic carbocycles. The molecular weight excluding hydrogens is 388 g/mol. The highest BCUT2D eigenvalue weighted by molar-refractivity contribution is 6.00. The molecule has 154 valence electrons. The number of hydrogen-bond acceptors (Lipinski definition) is 4. The second-order valence-electron chi connectivity index (χ2n) is 7.67. The topological polar surface area (TPSA) is 77.1 Å². The van der Waals surface area contributed by atoms with Gasteiger partial charge < -0.3 is 9.88 Å². The summed E-state index contributed by atoms with van der Waals surface area (Å²) in [6.45, 7) is 3.86. The number of imidazole rings is 1. The number of amides is 1. The smallest absolute Gasteiger partial charge is 0.257 e. The lowest BCUT2D eigenvalue weighted by Gasteiger charge is -2.19. The molecule has 31 heavy (non-hydrogen) atoms. The molecule has 1 amide bonds. The van der Waals surface area contributed by atoms with E-state index in [1.807, 2.05) is 86.1 Å². The zero-order valence-corrected chi connectivity index (χ0v) is 17.6. The number of fused-ring (bicyclic) bond motifs is 2. The number of carbonyl (C=O) groups excluding carboxylic acids is 1. The molecule has 0 bridgehead atoms. The molecule has 7 nitrogen and oxygen atoms in total. The van der Waals surface area contributed by atoms with Crippen LogP contribution in [0, 0.1) is 13.8 Å². The highest BCUT2D eigenvalue weighted by atomic mass is 16.1. The van der Waals surface area contributed by atoms with Crippen LogP contribution in [0.2, 0.25) is 0 Å². The fourth-order valence-corrected chi connectivity index (χ4v) is 4.00. The molecule has 3 aromatic heterocycles. The van der Waals surface area contributed by atoms with Crippen molar-refractivity contribution in [1.29, 1.82) is 0 Å². The summed E-state index contributed by atoms with van der Waals surface area (Å²) in [5, 5.41) is 7.53. The van der Waals surface area contributed by atoms with Crippen molar-refractivity contribution >= 4 is 22.6 Å². The third-order valence-electron chi connectivity index (χ3n) is 5.51. The van der Waals surface area contributed by atoms with Crippen molar-refractivity contribution in [3.63, 3.8) is 0 Å². The fourth-order valence-electron chi connectivity index (χ4n) is 4.00. The van der Waals surface area contributed by atoms with Gasteiger partial charge in [-0.2, -0.15) is 5.10 Å². The number of aromatic nitrogens is 5. The minimum absolute atomic E-state index is 0.242. The van der Waals surface area contributed by atoms with Crippen LogP contribution < -0.4 is 5.32 Å². The van der Waals surface area contributed by atoms with Crippen LogP contribution in [0.25, 0.3) is 16.7 Å². The van der Waals surface area contributed by atoms with Crippen LogP contribution in [-0.4, -0.2) is 30.1 Å². The van der Waals surface area contributed by atoms with Crippen molar-refractivity contribution in [1.82, 2.24) is 29.5 Å². The summed E-state index contributed by atoms with van der Waals surface area (Å²) in [6, 6.07) is 19.3. The lowest BCUT2D eigenvalue weighted by Crippen LogP contribution is -2.31. The van der Waals surface area contributed by atoms with Crippen molar-refractivity contribution in [2.45, 2.75) is 19.9 Å². The molecule has 0 saturated heterocycles. The Morgan fingerprint density at radius 1 is 1.00 bits per heavy atom. The molecule has 3 heterocycles. The van der Waals surface area contributed by atoms with Gasteiger partial charge >= 0.3 is 0 Å². The average Bonchev–Trinajstić information content (AvgIpc) is 3.34. The van der Waals surface area contributed by atoms with Gasteiger partial charge in [-0.15, -0.1) is 0 Å². The normalized spacial score (nSPS) is 12.4. The van der Waals surface area contributed by atoms with E-state index in [1.54, 1.807) is 10.7 Å². The van der Waals surface area contributed by atoms with E-state index in [9.17, 15) is 4.79 Å². The summed E-state index contributed by atoms with van der Waals surface area (Å²) < 4.78 is 3.71. The molecule has 0 aliphatic heterocycles. The first-order valence-electron chi connectivity index (χ1n) is 10.1.